The number of amides is 1. The lowest BCUT2D eigenvalue weighted by Gasteiger charge is -2.17. The van der Waals surface area contributed by atoms with Gasteiger partial charge in [-0.25, -0.2) is 0 Å². The number of rotatable bonds is 10. The van der Waals surface area contributed by atoms with Gasteiger partial charge in [0.1, 0.15) is 6.61 Å². The fourth-order valence-electron chi connectivity index (χ4n) is 3.77. The molecule has 8 nitrogen and oxygen atoms in total. The van der Waals surface area contributed by atoms with Crippen LogP contribution in [0.4, 0.5) is 5.69 Å². The molecule has 0 spiro atoms. The van der Waals surface area contributed by atoms with Gasteiger partial charge in [-0.2, -0.15) is 0 Å². The van der Waals surface area contributed by atoms with Crippen molar-refractivity contribution in [3.63, 3.8) is 0 Å². The fraction of sp³-hybridized carbons (Fsp3) is 0.179. The zero-order valence-electron chi connectivity index (χ0n) is 19.5. The van der Waals surface area contributed by atoms with E-state index in [0.29, 0.717) is 34.7 Å². The average molecular weight is 487 g/mol. The van der Waals surface area contributed by atoms with Crippen LogP contribution in [-0.2, 0) is 22.4 Å². The Morgan fingerprint density at radius 2 is 1.64 bits per heavy atom. The van der Waals surface area contributed by atoms with Crippen LogP contribution in [0, 0.1) is 0 Å². The molecule has 36 heavy (non-hydrogen) atoms. The highest BCUT2D eigenvalue weighted by Crippen LogP contribution is 2.32. The maximum absolute atomic E-state index is 13.2. The van der Waals surface area contributed by atoms with Crippen molar-refractivity contribution in [2.45, 2.75) is 18.9 Å². The number of nitrogens with one attached hydrogen (secondary N) is 1. The van der Waals surface area contributed by atoms with Gasteiger partial charge in [-0.3, -0.25) is 14.4 Å². The fourth-order valence-corrected chi connectivity index (χ4v) is 3.77. The van der Waals surface area contributed by atoms with E-state index in [1.54, 1.807) is 60.7 Å². The minimum absolute atomic E-state index is 0.0688. The first-order valence-electron chi connectivity index (χ1n) is 11.4. The lowest BCUT2D eigenvalue weighted by atomic mass is 9.96. The molecular formula is C28H26N2O6. The molecule has 0 fully saturated rings. The zero-order valence-corrected chi connectivity index (χ0v) is 19.5. The Hall–Kier alpha value is -4.43. The van der Waals surface area contributed by atoms with Crippen molar-refractivity contribution in [3.8, 4) is 11.5 Å². The number of hydrogen-bond acceptors (Lipinski definition) is 7. The van der Waals surface area contributed by atoms with Gasteiger partial charge in [0.2, 0.25) is 12.7 Å². The molecule has 8 heteroatoms. The summed E-state index contributed by atoms with van der Waals surface area (Å²) in [5.74, 6) is 0.277. The van der Waals surface area contributed by atoms with Crippen molar-refractivity contribution in [1.82, 2.24) is 5.32 Å². The predicted molar refractivity (Wildman–Crippen MR) is 135 cm³/mol. The Balaban J connectivity index is 1.46. The van der Waals surface area contributed by atoms with Crippen molar-refractivity contribution in [2.24, 2.45) is 0 Å². The van der Waals surface area contributed by atoms with E-state index in [0.717, 1.165) is 11.1 Å². The molecule has 1 atom stereocenters. The highest BCUT2D eigenvalue weighted by molar-refractivity contribution is 5.98. The summed E-state index contributed by atoms with van der Waals surface area (Å²) in [5.41, 5.74) is 9.05. The lowest BCUT2D eigenvalue weighted by Crippen LogP contribution is -2.42. The molecule has 184 valence electrons. The first-order valence-corrected chi connectivity index (χ1v) is 11.4. The maximum Gasteiger partial charge on any atom is 0.244 e. The number of ketones is 2. The van der Waals surface area contributed by atoms with Gasteiger partial charge in [-0.15, -0.1) is 0 Å². The molecule has 3 aromatic carbocycles. The quantitative estimate of drug-likeness (QED) is 0.228. The van der Waals surface area contributed by atoms with E-state index < -0.39 is 24.3 Å². The topological polar surface area (TPSA) is 128 Å². The second-order valence-electron chi connectivity index (χ2n) is 8.37. The Morgan fingerprint density at radius 1 is 0.944 bits per heavy atom. The van der Waals surface area contributed by atoms with E-state index in [4.69, 9.17) is 20.3 Å². The number of carbonyl (C=O) groups excluding carboxylic acids is 3. The van der Waals surface area contributed by atoms with Gasteiger partial charge < -0.3 is 25.6 Å². The molecule has 4 rings (SSSR count). The van der Waals surface area contributed by atoms with E-state index >= 15 is 0 Å². The largest absolute Gasteiger partial charge is 0.454 e. The third kappa shape index (κ3) is 6.37. The standard InChI is InChI=1S/C28H26N2O6/c29-22-9-3-18(4-10-22)13-23(24(32)14-19-1-7-21(8-2-19)25(33)16-31)30-28(34)12-6-20-5-11-26-27(15-20)36-17-35-26/h1-12,15,23,31H,13-14,16-17,29H2,(H,30,34)/b12-6+/t23-/m0/s1. The van der Waals surface area contributed by atoms with Crippen molar-refractivity contribution >= 4 is 29.2 Å². The Labute approximate surface area is 208 Å². The van der Waals surface area contributed by atoms with Gasteiger partial charge in [-0.1, -0.05) is 42.5 Å². The van der Waals surface area contributed by atoms with Crippen molar-refractivity contribution < 1.29 is 29.0 Å². The highest BCUT2D eigenvalue weighted by atomic mass is 16.7. The van der Waals surface area contributed by atoms with E-state index in [-0.39, 0.29) is 19.0 Å². The van der Waals surface area contributed by atoms with Gasteiger partial charge in [0.05, 0.1) is 6.04 Å². The number of carbonyl (C=O) groups is 3. The van der Waals surface area contributed by atoms with Crippen molar-refractivity contribution in [1.29, 1.82) is 0 Å². The van der Waals surface area contributed by atoms with E-state index in [1.165, 1.54) is 6.08 Å². The molecule has 1 heterocycles. The number of nitrogens with two attached hydrogens (primary N) is 1. The summed E-state index contributed by atoms with van der Waals surface area (Å²) in [5, 5.41) is 11.8. The van der Waals surface area contributed by atoms with Crippen molar-refractivity contribution in [2.75, 3.05) is 19.1 Å². The summed E-state index contributed by atoms with van der Waals surface area (Å²) in [7, 11) is 0. The van der Waals surface area contributed by atoms with Crippen LogP contribution in [0.5, 0.6) is 11.5 Å². The molecular weight excluding hydrogens is 460 g/mol. The third-order valence-corrected chi connectivity index (χ3v) is 5.75. The minimum atomic E-state index is -0.777. The van der Waals surface area contributed by atoms with Gasteiger partial charge >= 0.3 is 0 Å². The third-order valence-electron chi connectivity index (χ3n) is 5.75. The van der Waals surface area contributed by atoms with Gasteiger partial charge in [0.15, 0.2) is 23.1 Å². The summed E-state index contributed by atoms with van der Waals surface area (Å²) >= 11 is 0. The predicted octanol–water partition coefficient (Wildman–Crippen LogP) is 2.73. The van der Waals surface area contributed by atoms with Crippen LogP contribution in [-0.4, -0.2) is 42.0 Å². The minimum Gasteiger partial charge on any atom is -0.454 e. The molecule has 1 aliphatic heterocycles. The molecule has 3 aromatic rings. The van der Waals surface area contributed by atoms with Crippen LogP contribution in [0.15, 0.2) is 72.8 Å². The number of Topliss-reactive ketones (excluding diaryl/α,β-unsaturated/α-hetero) is 2. The lowest BCUT2D eigenvalue weighted by molar-refractivity contribution is -0.125. The normalized spacial score (nSPS) is 12.9. The zero-order chi connectivity index (χ0) is 25.5. The Kier molecular flexibility index (Phi) is 7.77. The molecule has 1 amide bonds. The van der Waals surface area contributed by atoms with Gasteiger partial charge in [-0.05, 0) is 53.5 Å². The SMILES string of the molecule is Nc1ccc(C[C@H](NC(=O)/C=C/c2ccc3c(c2)OCO3)C(=O)Cc2ccc(C(=O)CO)cc2)cc1. The Morgan fingerprint density at radius 3 is 2.36 bits per heavy atom. The molecule has 0 aliphatic carbocycles. The van der Waals surface area contributed by atoms with Crippen LogP contribution >= 0.6 is 0 Å². The highest BCUT2D eigenvalue weighted by Gasteiger charge is 2.21. The molecule has 0 unspecified atom stereocenters. The molecule has 0 saturated carbocycles. The summed E-state index contributed by atoms with van der Waals surface area (Å²) in [6, 6.07) is 18.2. The first-order chi connectivity index (χ1) is 17.4. The molecule has 1 aliphatic rings. The van der Waals surface area contributed by atoms with E-state index in [9.17, 15) is 14.4 Å². The monoisotopic (exact) mass is 486 g/mol. The molecule has 0 saturated heterocycles. The second kappa shape index (κ2) is 11.3. The summed E-state index contributed by atoms with van der Waals surface area (Å²) < 4.78 is 10.7. The number of aliphatic hydroxyl groups excluding tert-OH is 1. The molecule has 0 bridgehead atoms. The van der Waals surface area contributed by atoms with E-state index in [2.05, 4.69) is 5.32 Å². The second-order valence-corrected chi connectivity index (χ2v) is 8.37. The average Bonchev–Trinajstić information content (AvgIpc) is 3.36. The summed E-state index contributed by atoms with van der Waals surface area (Å²) in [4.78, 5) is 37.6. The number of aliphatic hydroxyl groups is 1. The summed E-state index contributed by atoms with van der Waals surface area (Å²) in [6.07, 6.45) is 3.37. The molecule has 4 N–H and O–H groups in total. The number of ether oxygens (including phenoxy) is 2. The van der Waals surface area contributed by atoms with Gasteiger partial charge in [0.25, 0.3) is 0 Å². The molecule has 0 radical (unpaired) electrons. The number of hydrogen-bond donors (Lipinski definition) is 3. The van der Waals surface area contributed by atoms with Gasteiger partial charge in [0, 0.05) is 23.7 Å². The van der Waals surface area contributed by atoms with Crippen molar-refractivity contribution in [3.05, 3.63) is 95.1 Å². The van der Waals surface area contributed by atoms with Crippen LogP contribution in [0.1, 0.15) is 27.0 Å². The number of fused-ring (bicyclic) bond motifs is 1. The number of benzene rings is 3. The van der Waals surface area contributed by atoms with Crippen LogP contribution in [0.25, 0.3) is 6.08 Å². The smallest absolute Gasteiger partial charge is 0.244 e. The molecule has 0 aromatic heterocycles. The van der Waals surface area contributed by atoms with Crippen LogP contribution < -0.4 is 20.5 Å². The number of anilines is 1. The Bertz CT molecular complexity index is 1280. The van der Waals surface area contributed by atoms with Crippen LogP contribution in [0.2, 0.25) is 0 Å². The summed E-state index contributed by atoms with van der Waals surface area (Å²) in [6.45, 7) is -0.411. The number of nitrogen functional groups attached to an aromatic ring is 1. The first kappa shape index (κ1) is 24.7. The van der Waals surface area contributed by atoms with Crippen LogP contribution in [0.3, 0.4) is 0 Å². The maximum atomic E-state index is 13.2. The van der Waals surface area contributed by atoms with E-state index in [1.807, 2.05) is 12.1 Å².